The minimum absolute atomic E-state index is 0.347. The fraction of sp³-hybridized carbons (Fsp3) is 1.00. The molecule has 0 bridgehead atoms. The Hall–Kier alpha value is 2.19. The van der Waals surface area contributed by atoms with Crippen molar-refractivity contribution >= 4 is 67.8 Å². The molecule has 0 unspecified atom stereocenters. The topological polar surface area (TPSA) is 0 Å². The molecule has 0 aromatic heterocycles. The van der Waals surface area contributed by atoms with Crippen LogP contribution in [0.15, 0.2) is 0 Å². The molecule has 0 spiro atoms. The monoisotopic (exact) mass is 450 g/mol. The van der Waals surface area contributed by atoms with E-state index in [9.17, 15) is 0 Å². The van der Waals surface area contributed by atoms with Crippen molar-refractivity contribution in [2.45, 2.75) is 20.2 Å². The van der Waals surface area contributed by atoms with Gasteiger partial charge in [-0.15, -0.1) is 0 Å². The molecule has 0 nitrogen and oxygen atoms in total. The third kappa shape index (κ3) is 3.38. The fourth-order valence-electron chi connectivity index (χ4n) is 0. The second kappa shape index (κ2) is 3.06. The van der Waals surface area contributed by atoms with Crippen molar-refractivity contribution in [3.8, 4) is 0 Å². The molecule has 0 rings (SSSR count). The van der Waals surface area contributed by atoms with Gasteiger partial charge < -0.3 is 0 Å². The highest BCUT2D eigenvalue weighted by molar-refractivity contribution is 14.3. The molecule has 0 saturated heterocycles. The Morgan fingerprint density at radius 1 is 0.875 bits per heavy atom. The Labute approximate surface area is 92.0 Å². The first-order chi connectivity index (χ1) is 3.25. The highest BCUT2D eigenvalue weighted by Crippen LogP contribution is 2.49. The van der Waals surface area contributed by atoms with Crippen LogP contribution in [0.3, 0.4) is 0 Å². The first-order valence-electron chi connectivity index (χ1n) is 2.32. The normalized spacial score (nSPS) is 14.2. The Bertz CT molecular complexity index is 62.7. The molecule has 3 heteroatoms. The standard InChI is InChI=1S/C5H9I3/c1-4(2,3)5(6,7)8/h1-3H3. The summed E-state index contributed by atoms with van der Waals surface area (Å²) in [7, 11) is 0. The molecule has 0 atom stereocenters. The summed E-state index contributed by atoms with van der Waals surface area (Å²) in [6.07, 6.45) is 0. The summed E-state index contributed by atoms with van der Waals surface area (Å²) in [4.78, 5) is 0. The highest BCUT2D eigenvalue weighted by atomic mass is 127. The lowest BCUT2D eigenvalue weighted by molar-refractivity contribution is 0.470. The van der Waals surface area contributed by atoms with E-state index in [0.717, 1.165) is 0 Å². The van der Waals surface area contributed by atoms with Gasteiger partial charge >= 0.3 is 0 Å². The molecular weight excluding hydrogens is 441 g/mol. The Morgan fingerprint density at radius 2 is 1.00 bits per heavy atom. The van der Waals surface area contributed by atoms with Gasteiger partial charge in [0, 0.05) is 0 Å². The molecule has 8 heavy (non-hydrogen) atoms. The second-order valence-electron chi connectivity index (χ2n) is 2.75. The maximum absolute atomic E-state index is 2.46. The summed E-state index contributed by atoms with van der Waals surface area (Å²) in [6, 6.07) is 0. The molecule has 0 saturated carbocycles. The summed E-state index contributed by atoms with van der Waals surface area (Å²) in [6.45, 7) is 6.74. The van der Waals surface area contributed by atoms with Gasteiger partial charge in [-0.25, -0.2) is 0 Å². The molecule has 0 aliphatic rings. The zero-order chi connectivity index (χ0) is 7.00. The molecule has 0 radical (unpaired) electrons. The molecule has 0 aromatic rings. The van der Waals surface area contributed by atoms with Crippen LogP contribution in [0.5, 0.6) is 0 Å². The van der Waals surface area contributed by atoms with Gasteiger partial charge in [0.25, 0.3) is 0 Å². The van der Waals surface area contributed by atoms with Gasteiger partial charge in [0.05, 0.1) is 0 Å². The van der Waals surface area contributed by atoms with E-state index in [-0.39, 0.29) is 0 Å². The Morgan fingerprint density at radius 3 is 1.00 bits per heavy atom. The van der Waals surface area contributed by atoms with E-state index < -0.39 is 0 Å². The van der Waals surface area contributed by atoms with Crippen LogP contribution in [0.4, 0.5) is 0 Å². The molecule has 0 amide bonds. The van der Waals surface area contributed by atoms with E-state index in [1.165, 1.54) is 0 Å². The van der Waals surface area contributed by atoms with Gasteiger partial charge in [0.1, 0.15) is -0.565 Å². The van der Waals surface area contributed by atoms with E-state index in [0.29, 0.717) is 4.85 Å². The zero-order valence-corrected chi connectivity index (χ0v) is 11.6. The number of rotatable bonds is 0. The van der Waals surface area contributed by atoms with Crippen LogP contribution in [-0.4, -0.2) is -0.565 Å². The molecule has 0 fully saturated rings. The van der Waals surface area contributed by atoms with Crippen LogP contribution < -0.4 is 0 Å². The third-order valence-corrected chi connectivity index (χ3v) is 5.70. The molecule has 0 aromatic carbocycles. The smallest absolute Gasteiger partial charge is 0.0574 e. The van der Waals surface area contributed by atoms with Gasteiger partial charge in [0.15, 0.2) is 0 Å². The minimum Gasteiger partial charge on any atom is -0.0574 e. The van der Waals surface area contributed by atoms with Gasteiger partial charge in [-0.05, 0) is 5.41 Å². The van der Waals surface area contributed by atoms with Crippen molar-refractivity contribution in [3.05, 3.63) is 0 Å². The predicted octanol–water partition coefficient (Wildman–Crippen LogP) is 3.99. The summed E-state index contributed by atoms with van der Waals surface area (Å²) in [5.41, 5.74) is 0.397. The number of alkyl halides is 3. The van der Waals surface area contributed by atoms with Crippen molar-refractivity contribution in [1.29, 1.82) is 0 Å². The van der Waals surface area contributed by atoms with Gasteiger partial charge in [-0.2, -0.15) is 0 Å². The predicted molar refractivity (Wildman–Crippen MR) is 64.2 cm³/mol. The van der Waals surface area contributed by atoms with E-state index in [1.807, 2.05) is 0 Å². The molecule has 0 N–H and O–H groups in total. The fourth-order valence-corrected chi connectivity index (χ4v) is 0. The molecule has 0 aliphatic carbocycles. The minimum atomic E-state index is 0.347. The van der Waals surface area contributed by atoms with E-state index >= 15 is 0 Å². The van der Waals surface area contributed by atoms with Crippen LogP contribution in [-0.2, 0) is 0 Å². The van der Waals surface area contributed by atoms with Crippen molar-refractivity contribution in [2.24, 2.45) is 5.41 Å². The van der Waals surface area contributed by atoms with Crippen LogP contribution in [0.1, 0.15) is 20.8 Å². The van der Waals surface area contributed by atoms with E-state index in [2.05, 4.69) is 88.5 Å². The highest BCUT2D eigenvalue weighted by Gasteiger charge is 2.33. The average Bonchev–Trinajstić information content (AvgIpc) is 1.25. The first-order valence-corrected chi connectivity index (χ1v) is 5.55. The molecule has 50 valence electrons. The number of halogens is 3. The largest absolute Gasteiger partial charge is 0.129 e. The molecule has 0 aliphatic heterocycles. The molecule has 0 heterocycles. The second-order valence-corrected chi connectivity index (χ2v) is 13.8. The Balaban J connectivity index is 4.02. The zero-order valence-electron chi connectivity index (χ0n) is 5.13. The van der Waals surface area contributed by atoms with E-state index in [1.54, 1.807) is 0 Å². The van der Waals surface area contributed by atoms with Crippen molar-refractivity contribution in [3.63, 3.8) is 0 Å². The van der Waals surface area contributed by atoms with Gasteiger partial charge in [-0.3, -0.25) is 0 Å². The van der Waals surface area contributed by atoms with Crippen LogP contribution >= 0.6 is 67.8 Å². The summed E-state index contributed by atoms with van der Waals surface area (Å²) < 4.78 is 0.347. The Kier molecular flexibility index (Phi) is 3.90. The number of hydrogen-bond acceptors (Lipinski definition) is 0. The summed E-state index contributed by atoms with van der Waals surface area (Å²) in [5.74, 6) is 0. The van der Waals surface area contributed by atoms with E-state index in [4.69, 9.17) is 0 Å². The average molecular weight is 450 g/mol. The van der Waals surface area contributed by atoms with Crippen molar-refractivity contribution in [2.75, 3.05) is 0 Å². The SMILES string of the molecule is CC(C)(C)C(I)(I)I. The first kappa shape index (κ1) is 10.2. The lowest BCUT2D eigenvalue weighted by Crippen LogP contribution is -2.22. The quantitative estimate of drug-likeness (QED) is 0.387. The lowest BCUT2D eigenvalue weighted by atomic mass is 10.0. The lowest BCUT2D eigenvalue weighted by Gasteiger charge is -2.28. The van der Waals surface area contributed by atoms with Crippen LogP contribution in [0, 0.1) is 5.41 Å². The van der Waals surface area contributed by atoms with Crippen LogP contribution in [0.25, 0.3) is 0 Å². The third-order valence-electron chi connectivity index (χ3n) is 0.850. The summed E-state index contributed by atoms with van der Waals surface area (Å²) >= 11 is 7.37. The maximum atomic E-state index is 2.46. The van der Waals surface area contributed by atoms with Crippen LogP contribution in [0.2, 0.25) is 0 Å². The number of hydrogen-bond donors (Lipinski definition) is 0. The van der Waals surface area contributed by atoms with Gasteiger partial charge in [-0.1, -0.05) is 88.5 Å². The van der Waals surface area contributed by atoms with Crippen molar-refractivity contribution < 1.29 is 0 Å². The molecular formula is C5H9I3. The maximum Gasteiger partial charge on any atom is 0.129 e. The van der Waals surface area contributed by atoms with Crippen molar-refractivity contribution in [1.82, 2.24) is 0 Å². The summed E-state index contributed by atoms with van der Waals surface area (Å²) in [5, 5.41) is 0. The van der Waals surface area contributed by atoms with Gasteiger partial charge in [0.2, 0.25) is 0 Å².